The molecule has 21 heavy (non-hydrogen) atoms. The van der Waals surface area contributed by atoms with Crippen LogP contribution in [0.1, 0.15) is 12.0 Å². The van der Waals surface area contributed by atoms with Crippen LogP contribution in [0.2, 0.25) is 0 Å². The summed E-state index contributed by atoms with van der Waals surface area (Å²) < 4.78 is 84.8. The molecule has 2 rings (SSSR count). The Kier molecular flexibility index (Phi) is 3.73. The number of rotatable bonds is 2. The predicted molar refractivity (Wildman–Crippen MR) is 70.1 cm³/mol. The second-order valence-electron chi connectivity index (χ2n) is 4.82. The van der Waals surface area contributed by atoms with Crippen LogP contribution in [-0.2, 0) is 25.9 Å². The maximum absolute atomic E-state index is 12.5. The molecule has 1 aliphatic heterocycles. The van der Waals surface area contributed by atoms with Crippen LogP contribution in [0.4, 0.5) is 18.9 Å². The number of halogens is 3. The van der Waals surface area contributed by atoms with Gasteiger partial charge in [-0.2, -0.15) is 13.2 Å². The van der Waals surface area contributed by atoms with Crippen molar-refractivity contribution in [3.05, 3.63) is 23.8 Å². The molecule has 1 aliphatic rings. The van der Waals surface area contributed by atoms with Crippen LogP contribution in [0, 0.1) is 0 Å². The molecule has 2 N–H and O–H groups in total. The van der Waals surface area contributed by atoms with E-state index in [9.17, 15) is 30.0 Å². The third-order valence-corrected chi connectivity index (χ3v) is 7.52. The third kappa shape index (κ3) is 3.15. The van der Waals surface area contributed by atoms with E-state index in [1.54, 1.807) is 0 Å². The van der Waals surface area contributed by atoms with E-state index in [0.717, 1.165) is 6.07 Å². The maximum Gasteiger partial charge on any atom is 0.416 e. The highest BCUT2D eigenvalue weighted by molar-refractivity contribution is 7.96. The molecule has 1 aromatic rings. The molecule has 1 unspecified atom stereocenters. The van der Waals surface area contributed by atoms with Crippen molar-refractivity contribution in [3.8, 4) is 0 Å². The topological polar surface area (TPSA) is 94.3 Å². The van der Waals surface area contributed by atoms with Crippen molar-refractivity contribution in [2.75, 3.05) is 17.2 Å². The summed E-state index contributed by atoms with van der Waals surface area (Å²) in [6, 6.07) is 1.93. The van der Waals surface area contributed by atoms with Gasteiger partial charge >= 0.3 is 6.18 Å². The molecule has 1 atom stereocenters. The number of hydrogen-bond acceptors (Lipinski definition) is 5. The molecule has 0 radical (unpaired) electrons. The Morgan fingerprint density at radius 3 is 2.29 bits per heavy atom. The molecule has 0 aromatic heterocycles. The number of nitrogens with two attached hydrogens (primary N) is 1. The smallest absolute Gasteiger partial charge is 0.398 e. The molecule has 0 aliphatic carbocycles. The minimum atomic E-state index is -4.63. The molecular weight excluding hydrogens is 331 g/mol. The fourth-order valence-electron chi connectivity index (χ4n) is 2.17. The van der Waals surface area contributed by atoms with Gasteiger partial charge in [0.2, 0.25) is 0 Å². The van der Waals surface area contributed by atoms with E-state index < -0.39 is 53.0 Å². The monoisotopic (exact) mass is 343 g/mol. The van der Waals surface area contributed by atoms with Crippen molar-refractivity contribution in [1.82, 2.24) is 0 Å². The lowest BCUT2D eigenvalue weighted by Crippen LogP contribution is -2.24. The van der Waals surface area contributed by atoms with Gasteiger partial charge in [0.15, 0.2) is 19.7 Å². The Labute approximate surface area is 119 Å². The minimum Gasteiger partial charge on any atom is -0.398 e. The largest absolute Gasteiger partial charge is 0.416 e. The number of anilines is 1. The summed E-state index contributed by atoms with van der Waals surface area (Å²) in [7, 11) is -7.51. The number of hydrogen-bond donors (Lipinski definition) is 1. The van der Waals surface area contributed by atoms with Gasteiger partial charge in [0, 0.05) is 0 Å². The van der Waals surface area contributed by atoms with Gasteiger partial charge in [0.1, 0.15) is 0 Å². The summed E-state index contributed by atoms with van der Waals surface area (Å²) in [4.78, 5) is -0.461. The summed E-state index contributed by atoms with van der Waals surface area (Å²) in [5.74, 6) is -0.784. The predicted octanol–water partition coefficient (Wildman–Crippen LogP) is 1.25. The zero-order valence-electron chi connectivity index (χ0n) is 10.6. The first-order valence-corrected chi connectivity index (χ1v) is 9.21. The van der Waals surface area contributed by atoms with Crippen LogP contribution in [0.15, 0.2) is 23.1 Å². The molecular formula is C11H12F3NO4S2. The maximum atomic E-state index is 12.5. The molecule has 1 fully saturated rings. The lowest BCUT2D eigenvalue weighted by atomic mass is 10.2. The van der Waals surface area contributed by atoms with E-state index in [0.29, 0.717) is 12.1 Å². The fourth-order valence-corrected chi connectivity index (χ4v) is 6.63. The van der Waals surface area contributed by atoms with Crippen LogP contribution in [0.25, 0.3) is 0 Å². The molecule has 1 saturated heterocycles. The average Bonchev–Trinajstić information content (AvgIpc) is 2.68. The average molecular weight is 343 g/mol. The Balaban J connectivity index is 2.43. The Morgan fingerprint density at radius 2 is 1.86 bits per heavy atom. The Bertz CT molecular complexity index is 769. The highest BCUT2D eigenvalue weighted by atomic mass is 32.2. The molecule has 1 aromatic carbocycles. The van der Waals surface area contributed by atoms with E-state index in [2.05, 4.69) is 0 Å². The lowest BCUT2D eigenvalue weighted by molar-refractivity contribution is -0.137. The second kappa shape index (κ2) is 4.87. The van der Waals surface area contributed by atoms with Gasteiger partial charge in [-0.3, -0.25) is 0 Å². The molecule has 0 amide bonds. The standard InChI is InChI=1S/C11H12F3NO4S2/c12-11(13,14)7-1-2-10(9(15)5-7)21(18,19)8-3-4-20(16,17)6-8/h1-2,5,8H,3-4,6,15H2. The van der Waals surface area contributed by atoms with E-state index in [-0.39, 0.29) is 12.2 Å². The molecule has 1 heterocycles. The summed E-state index contributed by atoms with van der Waals surface area (Å²) in [6.07, 6.45) is -4.71. The van der Waals surface area contributed by atoms with Crippen molar-refractivity contribution < 1.29 is 30.0 Å². The van der Waals surface area contributed by atoms with Crippen molar-refractivity contribution in [2.45, 2.75) is 22.7 Å². The van der Waals surface area contributed by atoms with Crippen molar-refractivity contribution in [1.29, 1.82) is 0 Å². The minimum absolute atomic E-state index is 0.0782. The second-order valence-corrected chi connectivity index (χ2v) is 9.25. The first kappa shape index (κ1) is 16.1. The van der Waals surface area contributed by atoms with Gasteiger partial charge in [0.05, 0.1) is 32.9 Å². The zero-order valence-corrected chi connectivity index (χ0v) is 12.2. The van der Waals surface area contributed by atoms with Gasteiger partial charge in [0.25, 0.3) is 0 Å². The number of nitrogen functional groups attached to an aromatic ring is 1. The quantitative estimate of drug-likeness (QED) is 0.816. The summed E-state index contributed by atoms with van der Waals surface area (Å²) in [6.45, 7) is 0. The Hall–Kier alpha value is -1.29. The molecule has 118 valence electrons. The number of sulfone groups is 2. The fraction of sp³-hybridized carbons (Fsp3) is 0.455. The zero-order chi connectivity index (χ0) is 16.1. The first-order chi connectivity index (χ1) is 9.43. The number of alkyl halides is 3. The third-order valence-electron chi connectivity index (χ3n) is 3.27. The van der Waals surface area contributed by atoms with Crippen LogP contribution in [0.5, 0.6) is 0 Å². The SMILES string of the molecule is Nc1cc(C(F)(F)F)ccc1S(=O)(=O)C1CCS(=O)(=O)C1. The molecule has 0 bridgehead atoms. The van der Waals surface area contributed by atoms with E-state index in [1.807, 2.05) is 0 Å². The highest BCUT2D eigenvalue weighted by Crippen LogP contribution is 2.34. The number of benzene rings is 1. The van der Waals surface area contributed by atoms with Crippen LogP contribution in [0.3, 0.4) is 0 Å². The normalized spacial score (nSPS) is 22.3. The summed E-state index contributed by atoms with van der Waals surface area (Å²) in [5.41, 5.74) is 3.82. The summed E-state index contributed by atoms with van der Waals surface area (Å²) in [5, 5.41) is -1.17. The molecule has 10 heteroatoms. The lowest BCUT2D eigenvalue weighted by Gasteiger charge is -2.14. The Morgan fingerprint density at radius 1 is 1.24 bits per heavy atom. The van der Waals surface area contributed by atoms with Crippen LogP contribution in [-0.4, -0.2) is 33.6 Å². The molecule has 0 saturated carbocycles. The summed E-state index contributed by atoms with van der Waals surface area (Å²) >= 11 is 0. The van der Waals surface area contributed by atoms with Crippen LogP contribution >= 0.6 is 0 Å². The van der Waals surface area contributed by atoms with E-state index in [4.69, 9.17) is 5.73 Å². The van der Waals surface area contributed by atoms with Crippen molar-refractivity contribution in [3.63, 3.8) is 0 Å². The first-order valence-electron chi connectivity index (χ1n) is 5.84. The van der Waals surface area contributed by atoms with Gasteiger partial charge in [-0.15, -0.1) is 0 Å². The van der Waals surface area contributed by atoms with Gasteiger partial charge in [-0.1, -0.05) is 0 Å². The van der Waals surface area contributed by atoms with Gasteiger partial charge < -0.3 is 5.73 Å². The van der Waals surface area contributed by atoms with Crippen LogP contribution < -0.4 is 5.73 Å². The molecule has 5 nitrogen and oxygen atoms in total. The van der Waals surface area contributed by atoms with Crippen molar-refractivity contribution >= 4 is 25.4 Å². The van der Waals surface area contributed by atoms with Crippen molar-refractivity contribution in [2.24, 2.45) is 0 Å². The van der Waals surface area contributed by atoms with E-state index >= 15 is 0 Å². The van der Waals surface area contributed by atoms with Gasteiger partial charge in [-0.25, -0.2) is 16.8 Å². The van der Waals surface area contributed by atoms with E-state index in [1.165, 1.54) is 0 Å². The van der Waals surface area contributed by atoms with Gasteiger partial charge in [-0.05, 0) is 24.6 Å². The highest BCUT2D eigenvalue weighted by Gasteiger charge is 2.39. The molecule has 0 spiro atoms.